The van der Waals surface area contributed by atoms with E-state index in [2.05, 4.69) is 16.6 Å². The number of aryl methyl sites for hydroxylation is 1. The Kier molecular flexibility index (Phi) is 5.81. The van der Waals surface area contributed by atoms with E-state index in [9.17, 15) is 8.42 Å². The van der Waals surface area contributed by atoms with Crippen LogP contribution >= 0.6 is 0 Å². The lowest BCUT2D eigenvalue weighted by Crippen LogP contribution is -2.36. The molecule has 0 spiro atoms. The lowest BCUT2D eigenvalue weighted by atomic mass is 10.1. The van der Waals surface area contributed by atoms with E-state index >= 15 is 0 Å². The summed E-state index contributed by atoms with van der Waals surface area (Å²) < 4.78 is 28.8. The Bertz CT molecular complexity index is 476. The molecule has 0 saturated carbocycles. The van der Waals surface area contributed by atoms with E-state index in [1.54, 1.807) is 7.05 Å². The summed E-state index contributed by atoms with van der Waals surface area (Å²) in [5.41, 5.74) is 5.63. The van der Waals surface area contributed by atoms with Crippen LogP contribution in [0.4, 0.5) is 5.82 Å². The lowest BCUT2D eigenvalue weighted by molar-refractivity contribution is 0.480. The Hall–Kier alpha value is -1.08. The Balaban J connectivity index is 2.88. The molecule has 19 heavy (non-hydrogen) atoms. The smallest absolute Gasteiger partial charge is 0.260 e. The highest BCUT2D eigenvalue weighted by atomic mass is 32.2. The summed E-state index contributed by atoms with van der Waals surface area (Å²) in [4.78, 5) is 3.82. The number of rotatable bonds is 8. The van der Waals surface area contributed by atoms with Gasteiger partial charge in [0.1, 0.15) is 0 Å². The molecule has 1 aromatic heterocycles. The van der Waals surface area contributed by atoms with E-state index < -0.39 is 10.0 Å². The molecule has 7 heteroatoms. The van der Waals surface area contributed by atoms with E-state index in [0.29, 0.717) is 0 Å². The fourth-order valence-corrected chi connectivity index (χ4v) is 3.64. The molecule has 1 heterocycles. The maximum atomic E-state index is 12.3. The highest BCUT2D eigenvalue weighted by molar-refractivity contribution is 7.89. The van der Waals surface area contributed by atoms with Crippen LogP contribution in [0.15, 0.2) is 11.4 Å². The number of aromatic nitrogens is 2. The zero-order chi connectivity index (χ0) is 14.5. The quantitative estimate of drug-likeness (QED) is 0.761. The maximum absolute atomic E-state index is 12.3. The van der Waals surface area contributed by atoms with Crippen molar-refractivity contribution >= 4 is 15.8 Å². The van der Waals surface area contributed by atoms with Crippen LogP contribution in [0.5, 0.6) is 0 Å². The molecule has 0 fully saturated rings. The molecule has 0 radical (unpaired) electrons. The monoisotopic (exact) mass is 288 g/mol. The first-order chi connectivity index (χ1) is 8.92. The fraction of sp³-hybridized carbons (Fsp3) is 0.750. The molecule has 0 saturated heterocycles. The summed E-state index contributed by atoms with van der Waals surface area (Å²) in [6.07, 6.45) is 6.09. The Morgan fingerprint density at radius 2 is 2.05 bits per heavy atom. The van der Waals surface area contributed by atoms with Gasteiger partial charge < -0.3 is 10.3 Å². The van der Waals surface area contributed by atoms with Crippen molar-refractivity contribution in [1.82, 2.24) is 14.3 Å². The van der Waals surface area contributed by atoms with Gasteiger partial charge in [0.25, 0.3) is 10.0 Å². The van der Waals surface area contributed by atoms with E-state index in [0.717, 1.165) is 32.1 Å². The molecule has 1 atom stereocenters. The number of nitrogens with zero attached hydrogens (tertiary/aromatic N) is 2. The molecule has 6 nitrogen and oxygen atoms in total. The van der Waals surface area contributed by atoms with Gasteiger partial charge >= 0.3 is 0 Å². The Labute approximate surface area is 115 Å². The van der Waals surface area contributed by atoms with Crippen molar-refractivity contribution in [2.75, 3.05) is 5.73 Å². The molecule has 1 rings (SSSR count). The minimum atomic E-state index is -3.60. The molecule has 0 aliphatic rings. The van der Waals surface area contributed by atoms with Crippen LogP contribution in [-0.2, 0) is 17.1 Å². The average Bonchev–Trinajstić information content (AvgIpc) is 2.66. The molecular weight excluding hydrogens is 264 g/mol. The van der Waals surface area contributed by atoms with Gasteiger partial charge in [-0.15, -0.1) is 0 Å². The third kappa shape index (κ3) is 4.21. The average molecular weight is 288 g/mol. The molecule has 110 valence electrons. The van der Waals surface area contributed by atoms with E-state index in [1.165, 1.54) is 10.9 Å². The number of anilines is 1. The van der Waals surface area contributed by atoms with E-state index in [-0.39, 0.29) is 16.9 Å². The second-order valence-electron chi connectivity index (χ2n) is 4.79. The summed E-state index contributed by atoms with van der Waals surface area (Å²) in [5, 5.41) is 0.0464. The lowest BCUT2D eigenvalue weighted by Gasteiger charge is -2.18. The van der Waals surface area contributed by atoms with Gasteiger partial charge in [0.05, 0.1) is 6.33 Å². The van der Waals surface area contributed by atoms with Crippen LogP contribution in [-0.4, -0.2) is 24.0 Å². The van der Waals surface area contributed by atoms with Gasteiger partial charge in [-0.2, -0.15) is 0 Å². The summed E-state index contributed by atoms with van der Waals surface area (Å²) in [5.74, 6) is 0.0424. The number of hydrogen-bond donors (Lipinski definition) is 2. The first-order valence-electron chi connectivity index (χ1n) is 6.71. The minimum Gasteiger partial charge on any atom is -0.381 e. The van der Waals surface area contributed by atoms with E-state index in [1.807, 2.05) is 6.92 Å². The Morgan fingerprint density at radius 1 is 1.37 bits per heavy atom. The van der Waals surface area contributed by atoms with Gasteiger partial charge in [0.2, 0.25) is 0 Å². The summed E-state index contributed by atoms with van der Waals surface area (Å²) in [6.45, 7) is 4.14. The zero-order valence-corrected chi connectivity index (χ0v) is 12.7. The van der Waals surface area contributed by atoms with Crippen molar-refractivity contribution in [3.63, 3.8) is 0 Å². The third-order valence-corrected chi connectivity index (χ3v) is 4.68. The van der Waals surface area contributed by atoms with Gasteiger partial charge in [0, 0.05) is 13.1 Å². The molecule has 0 aliphatic heterocycles. The highest BCUT2D eigenvalue weighted by Crippen LogP contribution is 2.17. The second-order valence-corrected chi connectivity index (χ2v) is 6.42. The first-order valence-corrected chi connectivity index (χ1v) is 8.19. The minimum absolute atomic E-state index is 0.0377. The summed E-state index contributed by atoms with van der Waals surface area (Å²) in [6, 6.07) is -0.0377. The number of nitrogen functional groups attached to an aromatic ring is 1. The van der Waals surface area contributed by atoms with Crippen molar-refractivity contribution in [3.8, 4) is 0 Å². The maximum Gasteiger partial charge on any atom is 0.260 e. The van der Waals surface area contributed by atoms with Crippen LogP contribution in [0, 0.1) is 0 Å². The zero-order valence-electron chi connectivity index (χ0n) is 11.9. The third-order valence-electron chi connectivity index (χ3n) is 3.03. The van der Waals surface area contributed by atoms with Gasteiger partial charge in [-0.3, -0.25) is 0 Å². The highest BCUT2D eigenvalue weighted by Gasteiger charge is 2.25. The molecular formula is C12H24N4O2S. The molecule has 1 aromatic rings. The van der Waals surface area contributed by atoms with Crippen LogP contribution < -0.4 is 10.5 Å². The van der Waals surface area contributed by atoms with Crippen LogP contribution in [0.3, 0.4) is 0 Å². The number of nitrogens with one attached hydrogen (secondary N) is 1. The van der Waals surface area contributed by atoms with Crippen LogP contribution in [0.2, 0.25) is 0 Å². The van der Waals surface area contributed by atoms with Crippen molar-refractivity contribution < 1.29 is 8.42 Å². The van der Waals surface area contributed by atoms with Gasteiger partial charge in [0.15, 0.2) is 10.8 Å². The molecule has 0 aromatic carbocycles. The predicted molar refractivity (Wildman–Crippen MR) is 76.2 cm³/mol. The standard InChI is InChI=1S/C12H24N4O2S/c1-4-6-8-10(7-5-2)15-19(17,18)12-11(13)14-9-16(12)3/h9-10,15H,4-8,13H2,1-3H3. The van der Waals surface area contributed by atoms with Gasteiger partial charge in [-0.1, -0.05) is 33.1 Å². The van der Waals surface area contributed by atoms with Gasteiger partial charge in [-0.05, 0) is 12.8 Å². The topological polar surface area (TPSA) is 90.0 Å². The summed E-state index contributed by atoms with van der Waals surface area (Å²) >= 11 is 0. The number of sulfonamides is 1. The molecule has 0 bridgehead atoms. The van der Waals surface area contributed by atoms with Crippen LogP contribution in [0.1, 0.15) is 46.0 Å². The number of unbranched alkanes of at least 4 members (excludes halogenated alkanes) is 1. The fourth-order valence-electron chi connectivity index (χ4n) is 2.10. The van der Waals surface area contributed by atoms with Crippen molar-refractivity contribution in [2.24, 2.45) is 7.05 Å². The molecule has 0 amide bonds. The SMILES string of the molecule is CCCCC(CCC)NS(=O)(=O)c1c(N)ncn1C. The summed E-state index contributed by atoms with van der Waals surface area (Å²) in [7, 11) is -1.98. The molecule has 1 unspecified atom stereocenters. The van der Waals surface area contributed by atoms with Crippen molar-refractivity contribution in [2.45, 2.75) is 57.0 Å². The predicted octanol–water partition coefficient (Wildman–Crippen LogP) is 1.64. The normalized spacial score (nSPS) is 13.6. The Morgan fingerprint density at radius 3 is 2.53 bits per heavy atom. The van der Waals surface area contributed by atoms with Crippen LogP contribution in [0.25, 0.3) is 0 Å². The second kappa shape index (κ2) is 6.91. The number of imidazole rings is 1. The largest absolute Gasteiger partial charge is 0.381 e. The van der Waals surface area contributed by atoms with E-state index in [4.69, 9.17) is 5.73 Å². The van der Waals surface area contributed by atoms with Crippen molar-refractivity contribution in [3.05, 3.63) is 6.33 Å². The number of nitrogens with two attached hydrogens (primary N) is 1. The first kappa shape index (κ1) is 16.0. The van der Waals surface area contributed by atoms with Gasteiger partial charge in [-0.25, -0.2) is 18.1 Å². The number of hydrogen-bond acceptors (Lipinski definition) is 4. The molecule has 0 aliphatic carbocycles. The van der Waals surface area contributed by atoms with Crippen molar-refractivity contribution in [1.29, 1.82) is 0 Å². The molecule has 3 N–H and O–H groups in total.